The van der Waals surface area contributed by atoms with Crippen molar-refractivity contribution >= 4 is 40.0 Å². The molecule has 1 aromatic heterocycles. The monoisotopic (exact) mass is 546 g/mol. The highest BCUT2D eigenvalue weighted by Gasteiger charge is 2.31. The first-order valence-electron chi connectivity index (χ1n) is 11.8. The van der Waals surface area contributed by atoms with E-state index in [-0.39, 0.29) is 24.3 Å². The van der Waals surface area contributed by atoms with Crippen LogP contribution in [0.25, 0.3) is 10.9 Å². The molecule has 1 heterocycles. The van der Waals surface area contributed by atoms with E-state index in [9.17, 15) is 18.0 Å². The number of hydrogen-bond acceptors (Lipinski definition) is 1. The van der Waals surface area contributed by atoms with Gasteiger partial charge in [0.1, 0.15) is 5.50 Å². The molecule has 0 saturated carbocycles. The quantitative estimate of drug-likeness (QED) is 0.190. The molecule has 0 aliphatic heterocycles. The number of hydrogen-bond donors (Lipinski definition) is 1. The molecule has 37 heavy (non-hydrogen) atoms. The number of rotatable bonds is 6. The van der Waals surface area contributed by atoms with Gasteiger partial charge in [0.05, 0.1) is 16.6 Å². The first-order chi connectivity index (χ1) is 17.3. The number of amides is 1. The molecule has 194 valence electrons. The lowest BCUT2D eigenvalue weighted by Crippen LogP contribution is -2.34. The maximum absolute atomic E-state index is 13.9. The van der Waals surface area contributed by atoms with Gasteiger partial charge in [0.2, 0.25) is 0 Å². The van der Waals surface area contributed by atoms with E-state index in [0.29, 0.717) is 27.2 Å². The average Bonchev–Trinajstić information content (AvgIpc) is 3.31. The van der Waals surface area contributed by atoms with E-state index >= 15 is 0 Å². The van der Waals surface area contributed by atoms with Gasteiger partial charge < -0.3 is 9.88 Å². The van der Waals surface area contributed by atoms with Crippen LogP contribution in [0, 0.1) is 0 Å². The summed E-state index contributed by atoms with van der Waals surface area (Å²) in [5, 5.41) is 1.17. The zero-order valence-electron chi connectivity index (χ0n) is 20.7. The topological polar surface area (TPSA) is 36.1 Å². The maximum atomic E-state index is 13.9. The zero-order chi connectivity index (χ0) is 27.0. The van der Waals surface area contributed by atoms with Crippen molar-refractivity contribution in [2.75, 3.05) is 6.54 Å². The van der Waals surface area contributed by atoms with Gasteiger partial charge in [-0.2, -0.15) is 13.2 Å². The van der Waals surface area contributed by atoms with Crippen LogP contribution in [-0.4, -0.2) is 22.3 Å². The molecule has 3 aromatic carbocycles. The lowest BCUT2D eigenvalue weighted by Gasteiger charge is -2.29. The van der Waals surface area contributed by atoms with Crippen LogP contribution in [0.2, 0.25) is 5.02 Å². The van der Waals surface area contributed by atoms with Gasteiger partial charge in [0, 0.05) is 23.2 Å². The van der Waals surface area contributed by atoms with E-state index < -0.39 is 17.2 Å². The van der Waals surface area contributed by atoms with Crippen molar-refractivity contribution in [2.24, 2.45) is 0 Å². The Kier molecular flexibility index (Phi) is 7.63. The summed E-state index contributed by atoms with van der Waals surface area (Å²) in [5.74, 6) is -0.373. The zero-order valence-corrected chi connectivity index (χ0v) is 22.2. The van der Waals surface area contributed by atoms with Crippen molar-refractivity contribution < 1.29 is 18.0 Å². The molecule has 8 heteroatoms. The summed E-state index contributed by atoms with van der Waals surface area (Å²) >= 11 is 13.2. The van der Waals surface area contributed by atoms with E-state index in [2.05, 4.69) is 25.8 Å². The molecule has 1 N–H and O–H groups in total. The number of fused-ring (bicyclic) bond motifs is 1. The molecule has 0 aliphatic carbocycles. The Morgan fingerprint density at radius 1 is 0.973 bits per heavy atom. The predicted molar refractivity (Wildman–Crippen MR) is 143 cm³/mol. The third-order valence-electron chi connectivity index (χ3n) is 6.34. The van der Waals surface area contributed by atoms with E-state index in [0.717, 1.165) is 23.1 Å². The Morgan fingerprint density at radius 2 is 1.68 bits per heavy atom. The highest BCUT2D eigenvalue weighted by atomic mass is 35.5. The van der Waals surface area contributed by atoms with Gasteiger partial charge in [-0.25, -0.2) is 0 Å². The van der Waals surface area contributed by atoms with Gasteiger partial charge >= 0.3 is 6.18 Å². The average molecular weight is 547 g/mol. The molecular formula is C29H27Cl2F3N2O. The highest BCUT2D eigenvalue weighted by Crippen LogP contribution is 2.33. The number of halogens is 5. The van der Waals surface area contributed by atoms with Crippen molar-refractivity contribution in [1.29, 1.82) is 0 Å². The van der Waals surface area contributed by atoms with Gasteiger partial charge in [-0.15, -0.1) is 0 Å². The lowest BCUT2D eigenvalue weighted by molar-refractivity contribution is -0.137. The molecular weight excluding hydrogens is 520 g/mol. The Morgan fingerprint density at radius 3 is 2.32 bits per heavy atom. The van der Waals surface area contributed by atoms with E-state index in [1.807, 2.05) is 30.3 Å². The number of benzene rings is 3. The second-order valence-electron chi connectivity index (χ2n) is 10.0. The largest absolute Gasteiger partial charge is 0.416 e. The van der Waals surface area contributed by atoms with Crippen molar-refractivity contribution in [2.45, 2.75) is 44.3 Å². The predicted octanol–water partition coefficient (Wildman–Crippen LogP) is 8.76. The van der Waals surface area contributed by atoms with Gasteiger partial charge in [0.15, 0.2) is 0 Å². The standard InChI is InChI=1S/C29H27Cl2F3N2O/c1-28(2,3)21-9-7-19(8-10-21)26(31)36(14-12-18-5-4-6-22(15-18)29(32,33)34)27(37)24-17-23(30)16-20-11-13-35-25(20)24/h4-11,13,15-17,26,35H,12,14H2,1-3H3. The minimum atomic E-state index is -4.45. The number of aromatic nitrogens is 1. The van der Waals surface area contributed by atoms with Crippen LogP contribution in [0.4, 0.5) is 13.2 Å². The van der Waals surface area contributed by atoms with Crippen LogP contribution < -0.4 is 0 Å². The third kappa shape index (κ3) is 6.13. The molecule has 3 nitrogen and oxygen atoms in total. The first-order valence-corrected chi connectivity index (χ1v) is 12.6. The van der Waals surface area contributed by atoms with Crippen LogP contribution in [0.3, 0.4) is 0 Å². The molecule has 0 fully saturated rings. The molecule has 0 saturated heterocycles. The molecule has 0 bridgehead atoms. The molecule has 0 spiro atoms. The number of nitrogens with zero attached hydrogens (tertiary/aromatic N) is 1. The second kappa shape index (κ2) is 10.4. The fourth-order valence-electron chi connectivity index (χ4n) is 4.25. The Hall–Kier alpha value is -2.96. The van der Waals surface area contributed by atoms with E-state index in [1.165, 1.54) is 11.0 Å². The van der Waals surface area contributed by atoms with Crippen LogP contribution in [-0.2, 0) is 18.0 Å². The van der Waals surface area contributed by atoms with Gasteiger partial charge in [-0.3, -0.25) is 4.79 Å². The molecule has 1 amide bonds. The summed E-state index contributed by atoms with van der Waals surface area (Å²) in [6.45, 7) is 6.41. The molecule has 0 radical (unpaired) electrons. The normalized spacial score (nSPS) is 13.1. The minimum Gasteiger partial charge on any atom is -0.361 e. The summed E-state index contributed by atoms with van der Waals surface area (Å²) < 4.78 is 39.7. The van der Waals surface area contributed by atoms with Crippen molar-refractivity contribution in [1.82, 2.24) is 9.88 Å². The fourth-order valence-corrected chi connectivity index (χ4v) is 4.81. The molecule has 4 aromatic rings. The van der Waals surface area contributed by atoms with Gasteiger partial charge in [-0.1, -0.05) is 86.4 Å². The van der Waals surface area contributed by atoms with Crippen molar-refractivity contribution in [3.05, 3.63) is 106 Å². The number of nitrogens with one attached hydrogen (secondary N) is 1. The number of carbonyl (C=O) groups is 1. The van der Waals surface area contributed by atoms with Crippen LogP contribution in [0.1, 0.15) is 58.9 Å². The van der Waals surface area contributed by atoms with Gasteiger partial charge in [-0.05, 0) is 52.8 Å². The SMILES string of the molecule is CC(C)(C)c1ccc(C(Cl)N(CCc2cccc(C(F)(F)F)c2)C(=O)c2cc(Cl)cc3cc[nH]c23)cc1. The van der Waals surface area contributed by atoms with E-state index in [1.54, 1.807) is 24.4 Å². The first kappa shape index (κ1) is 27.1. The summed E-state index contributed by atoms with van der Waals surface area (Å²) in [6, 6.07) is 18.0. The maximum Gasteiger partial charge on any atom is 0.416 e. The number of aromatic amines is 1. The molecule has 0 aliphatic rings. The fraction of sp³-hybridized carbons (Fsp3) is 0.276. The highest BCUT2D eigenvalue weighted by molar-refractivity contribution is 6.32. The minimum absolute atomic E-state index is 0.0562. The van der Waals surface area contributed by atoms with Crippen LogP contribution in [0.15, 0.2) is 72.9 Å². The summed E-state index contributed by atoms with van der Waals surface area (Å²) in [7, 11) is 0. The smallest absolute Gasteiger partial charge is 0.361 e. The summed E-state index contributed by atoms with van der Waals surface area (Å²) in [5.41, 5.74) is 1.60. The number of carbonyl (C=O) groups excluding carboxylic acids is 1. The van der Waals surface area contributed by atoms with Crippen molar-refractivity contribution in [3.63, 3.8) is 0 Å². The Balaban J connectivity index is 1.69. The van der Waals surface area contributed by atoms with E-state index in [4.69, 9.17) is 23.2 Å². The third-order valence-corrected chi connectivity index (χ3v) is 7.04. The number of alkyl halides is 4. The molecule has 4 rings (SSSR count). The molecule has 1 unspecified atom stereocenters. The van der Waals surface area contributed by atoms with Crippen molar-refractivity contribution in [3.8, 4) is 0 Å². The van der Waals surface area contributed by atoms with Crippen LogP contribution in [0.5, 0.6) is 0 Å². The Bertz CT molecular complexity index is 1410. The molecule has 1 atom stereocenters. The van der Waals surface area contributed by atoms with Crippen LogP contribution >= 0.6 is 23.2 Å². The summed E-state index contributed by atoms with van der Waals surface area (Å²) in [6.07, 6.45) is -2.54. The number of H-pyrrole nitrogens is 1. The Labute approximate surface area is 224 Å². The second-order valence-corrected chi connectivity index (χ2v) is 10.9. The summed E-state index contributed by atoms with van der Waals surface area (Å²) in [4.78, 5) is 18.4. The lowest BCUT2D eigenvalue weighted by atomic mass is 9.86. The van der Waals surface area contributed by atoms with Gasteiger partial charge in [0.25, 0.3) is 5.91 Å².